The first kappa shape index (κ1) is 14.7. The largest absolute Gasteiger partial charge is 0.317 e. The lowest BCUT2D eigenvalue weighted by Gasteiger charge is -2.35. The van der Waals surface area contributed by atoms with Gasteiger partial charge in [0, 0.05) is 6.04 Å². The Kier molecular flexibility index (Phi) is 4.36. The summed E-state index contributed by atoms with van der Waals surface area (Å²) in [6.45, 7) is 4.89. The Labute approximate surface area is 125 Å². The Balaban J connectivity index is 1.80. The fourth-order valence-electron chi connectivity index (χ4n) is 3.65. The minimum atomic E-state index is -0.386. The third kappa shape index (κ3) is 3.01. The van der Waals surface area contributed by atoms with Gasteiger partial charge >= 0.3 is 0 Å². The van der Waals surface area contributed by atoms with Crippen LogP contribution in [0, 0.1) is 12.7 Å². The zero-order chi connectivity index (χ0) is 14.8. The molecule has 2 aliphatic rings. The van der Waals surface area contributed by atoms with Crippen molar-refractivity contribution in [2.45, 2.75) is 44.7 Å². The van der Waals surface area contributed by atoms with Gasteiger partial charge in [0.25, 0.3) is 0 Å². The van der Waals surface area contributed by atoms with E-state index in [1.54, 1.807) is 12.1 Å². The van der Waals surface area contributed by atoms with Gasteiger partial charge < -0.3 is 5.32 Å². The molecule has 0 radical (unpaired) electrons. The molecule has 0 saturated carbocycles. The second-order valence-electron chi connectivity index (χ2n) is 6.22. The molecule has 114 valence electrons. The molecule has 0 aromatic heterocycles. The number of ketones is 1. The highest BCUT2D eigenvalue weighted by Gasteiger charge is 2.36. The maximum Gasteiger partial charge on any atom is 0.182 e. The summed E-state index contributed by atoms with van der Waals surface area (Å²) in [5.41, 5.74) is 1.20. The van der Waals surface area contributed by atoms with E-state index in [0.717, 1.165) is 50.9 Å². The average molecular weight is 290 g/mol. The Hall–Kier alpha value is -1.26. The fraction of sp³-hybridized carbons (Fsp3) is 0.588. The van der Waals surface area contributed by atoms with E-state index in [1.165, 1.54) is 6.07 Å². The first-order chi connectivity index (χ1) is 10.2. The average Bonchev–Trinajstić information content (AvgIpc) is 2.99. The van der Waals surface area contributed by atoms with Crippen molar-refractivity contribution in [3.63, 3.8) is 0 Å². The van der Waals surface area contributed by atoms with E-state index in [1.807, 2.05) is 6.92 Å². The summed E-state index contributed by atoms with van der Waals surface area (Å²) in [5, 5.41) is 3.36. The van der Waals surface area contributed by atoms with E-state index in [4.69, 9.17) is 0 Å². The number of Topliss-reactive ketones (excluding diaryl/α,β-unsaturated/α-hetero) is 1. The Bertz CT molecular complexity index is 526. The van der Waals surface area contributed by atoms with Gasteiger partial charge in [-0.2, -0.15) is 0 Å². The fourth-order valence-corrected chi connectivity index (χ4v) is 3.65. The molecule has 1 unspecified atom stereocenters. The van der Waals surface area contributed by atoms with Crippen molar-refractivity contribution in [2.24, 2.45) is 0 Å². The minimum Gasteiger partial charge on any atom is -0.317 e. The highest BCUT2D eigenvalue weighted by Crippen LogP contribution is 2.27. The van der Waals surface area contributed by atoms with Gasteiger partial charge in [-0.1, -0.05) is 11.6 Å². The summed E-state index contributed by atoms with van der Waals surface area (Å²) in [5.74, 6) is -0.421. The molecule has 1 atom stereocenters. The Morgan fingerprint density at radius 1 is 1.29 bits per heavy atom. The lowest BCUT2D eigenvalue weighted by Crippen LogP contribution is -2.48. The topological polar surface area (TPSA) is 32.3 Å². The number of benzene rings is 1. The van der Waals surface area contributed by atoms with E-state index in [2.05, 4.69) is 10.2 Å². The standard InChI is InChI=1S/C17H23FN2O/c1-12-4-5-15(18)14(11-12)17(21)16-3-2-10-20(16)13-6-8-19-9-7-13/h4-5,11,13,16,19H,2-3,6-10H2,1H3. The van der Waals surface area contributed by atoms with Crippen molar-refractivity contribution in [2.75, 3.05) is 19.6 Å². The molecule has 1 N–H and O–H groups in total. The number of carbonyl (C=O) groups excluding carboxylic acids is 1. The van der Waals surface area contributed by atoms with Crippen LogP contribution < -0.4 is 5.32 Å². The van der Waals surface area contributed by atoms with Crippen LogP contribution in [0.15, 0.2) is 18.2 Å². The molecule has 4 heteroatoms. The first-order valence-electron chi connectivity index (χ1n) is 7.93. The van der Waals surface area contributed by atoms with Crippen LogP contribution in [-0.4, -0.2) is 42.4 Å². The zero-order valence-corrected chi connectivity index (χ0v) is 12.6. The van der Waals surface area contributed by atoms with Gasteiger partial charge in [0.1, 0.15) is 5.82 Å². The highest BCUT2D eigenvalue weighted by molar-refractivity contribution is 6.00. The van der Waals surface area contributed by atoms with Gasteiger partial charge in [-0.25, -0.2) is 4.39 Å². The molecule has 1 aromatic rings. The molecule has 0 amide bonds. The van der Waals surface area contributed by atoms with Gasteiger partial charge in [-0.15, -0.1) is 0 Å². The molecule has 2 saturated heterocycles. The summed E-state index contributed by atoms with van der Waals surface area (Å²) in [6, 6.07) is 5.15. The van der Waals surface area contributed by atoms with Crippen molar-refractivity contribution >= 4 is 5.78 Å². The maximum absolute atomic E-state index is 14.0. The van der Waals surface area contributed by atoms with Crippen LogP contribution in [0.25, 0.3) is 0 Å². The smallest absolute Gasteiger partial charge is 0.182 e. The summed E-state index contributed by atoms with van der Waals surface area (Å²) in [7, 11) is 0. The number of nitrogens with one attached hydrogen (secondary N) is 1. The van der Waals surface area contributed by atoms with Crippen molar-refractivity contribution in [3.8, 4) is 0 Å². The van der Waals surface area contributed by atoms with E-state index in [9.17, 15) is 9.18 Å². The van der Waals surface area contributed by atoms with Gasteiger partial charge in [0.2, 0.25) is 0 Å². The molecule has 2 aliphatic heterocycles. The molecule has 21 heavy (non-hydrogen) atoms. The van der Waals surface area contributed by atoms with Crippen LogP contribution in [0.1, 0.15) is 41.6 Å². The number of nitrogens with zero attached hydrogens (tertiary/aromatic N) is 1. The number of piperidine rings is 1. The van der Waals surface area contributed by atoms with Gasteiger partial charge in [-0.3, -0.25) is 9.69 Å². The van der Waals surface area contributed by atoms with Crippen molar-refractivity contribution in [3.05, 3.63) is 35.1 Å². The monoisotopic (exact) mass is 290 g/mol. The third-order valence-electron chi connectivity index (χ3n) is 4.76. The minimum absolute atomic E-state index is 0.0350. The lowest BCUT2D eigenvalue weighted by atomic mass is 9.97. The second-order valence-corrected chi connectivity index (χ2v) is 6.22. The van der Waals surface area contributed by atoms with Gasteiger partial charge in [0.05, 0.1) is 11.6 Å². The van der Waals surface area contributed by atoms with Crippen LogP contribution in [0.4, 0.5) is 4.39 Å². The zero-order valence-electron chi connectivity index (χ0n) is 12.6. The summed E-state index contributed by atoms with van der Waals surface area (Å²) in [4.78, 5) is 15.1. The third-order valence-corrected chi connectivity index (χ3v) is 4.76. The number of aryl methyl sites for hydroxylation is 1. The van der Waals surface area contributed by atoms with E-state index < -0.39 is 0 Å². The lowest BCUT2D eigenvalue weighted by molar-refractivity contribution is 0.0779. The van der Waals surface area contributed by atoms with Crippen LogP contribution in [0.2, 0.25) is 0 Å². The van der Waals surface area contributed by atoms with Crippen LogP contribution in [0.3, 0.4) is 0 Å². The SMILES string of the molecule is Cc1ccc(F)c(C(=O)C2CCCN2C2CCNCC2)c1. The van der Waals surface area contributed by atoms with Crippen molar-refractivity contribution in [1.82, 2.24) is 10.2 Å². The predicted octanol–water partition coefficient (Wildman–Crippen LogP) is 2.53. The van der Waals surface area contributed by atoms with Crippen molar-refractivity contribution < 1.29 is 9.18 Å². The predicted molar refractivity (Wildman–Crippen MR) is 81.1 cm³/mol. The molecular weight excluding hydrogens is 267 g/mol. The van der Waals surface area contributed by atoms with Crippen LogP contribution in [-0.2, 0) is 0 Å². The molecule has 2 fully saturated rings. The summed E-state index contributed by atoms with van der Waals surface area (Å²) in [6.07, 6.45) is 4.06. The maximum atomic E-state index is 14.0. The number of hydrogen-bond donors (Lipinski definition) is 1. The number of likely N-dealkylation sites (tertiary alicyclic amines) is 1. The van der Waals surface area contributed by atoms with E-state index in [-0.39, 0.29) is 23.2 Å². The number of rotatable bonds is 3. The molecule has 2 heterocycles. The Morgan fingerprint density at radius 2 is 2.05 bits per heavy atom. The molecule has 1 aromatic carbocycles. The number of carbonyl (C=O) groups is 1. The first-order valence-corrected chi connectivity index (χ1v) is 7.93. The molecule has 0 aliphatic carbocycles. The molecular formula is C17H23FN2O. The summed E-state index contributed by atoms with van der Waals surface area (Å²) < 4.78 is 14.0. The molecule has 0 bridgehead atoms. The normalized spacial score (nSPS) is 24.4. The Morgan fingerprint density at radius 3 is 2.81 bits per heavy atom. The number of halogens is 1. The number of hydrogen-bond acceptors (Lipinski definition) is 3. The van der Waals surface area contributed by atoms with Crippen LogP contribution >= 0.6 is 0 Å². The van der Waals surface area contributed by atoms with E-state index in [0.29, 0.717) is 6.04 Å². The van der Waals surface area contributed by atoms with E-state index >= 15 is 0 Å². The van der Waals surface area contributed by atoms with Gasteiger partial charge in [0.15, 0.2) is 5.78 Å². The molecule has 3 rings (SSSR count). The highest BCUT2D eigenvalue weighted by atomic mass is 19.1. The molecule has 0 spiro atoms. The van der Waals surface area contributed by atoms with Gasteiger partial charge in [-0.05, 0) is 64.4 Å². The summed E-state index contributed by atoms with van der Waals surface area (Å²) >= 11 is 0. The molecule has 3 nitrogen and oxygen atoms in total. The second kappa shape index (κ2) is 6.24. The van der Waals surface area contributed by atoms with Crippen LogP contribution in [0.5, 0.6) is 0 Å². The van der Waals surface area contributed by atoms with Crippen molar-refractivity contribution in [1.29, 1.82) is 0 Å². The quantitative estimate of drug-likeness (QED) is 0.868.